The second-order valence-electron chi connectivity index (χ2n) is 6.18. The Hall–Kier alpha value is -2.38. The maximum absolute atomic E-state index is 5.90. The lowest BCUT2D eigenvalue weighted by atomic mass is 9.85. The Morgan fingerprint density at radius 2 is 1.09 bits per heavy atom. The van der Waals surface area contributed by atoms with E-state index in [1.807, 2.05) is 6.92 Å². The van der Waals surface area contributed by atoms with E-state index in [1.165, 1.54) is 22.3 Å². The summed E-state index contributed by atoms with van der Waals surface area (Å²) < 4.78 is 0. The zero-order valence-electron chi connectivity index (χ0n) is 13.5. The van der Waals surface area contributed by atoms with Gasteiger partial charge in [-0.05, 0) is 35.6 Å². The van der Waals surface area contributed by atoms with Gasteiger partial charge in [0, 0.05) is 12.0 Å². The molecule has 0 aliphatic carbocycles. The van der Waals surface area contributed by atoms with Gasteiger partial charge in [-0.25, -0.2) is 0 Å². The summed E-state index contributed by atoms with van der Waals surface area (Å²) in [4.78, 5) is 0. The first kappa shape index (κ1) is 15.5. The highest BCUT2D eigenvalue weighted by atomic mass is 14.6. The van der Waals surface area contributed by atoms with Gasteiger partial charge >= 0.3 is 0 Å². The van der Waals surface area contributed by atoms with Crippen molar-refractivity contribution in [3.05, 3.63) is 107 Å². The molecular weight excluding hydrogens is 278 g/mol. The summed E-state index contributed by atoms with van der Waals surface area (Å²) >= 11 is 0. The number of benzene rings is 3. The van der Waals surface area contributed by atoms with Gasteiger partial charge in [-0.1, -0.05) is 84.9 Å². The van der Waals surface area contributed by atoms with E-state index in [2.05, 4.69) is 84.9 Å². The van der Waals surface area contributed by atoms with Crippen LogP contribution >= 0.6 is 0 Å². The molecule has 116 valence electrons. The van der Waals surface area contributed by atoms with E-state index in [-0.39, 0.29) is 12.0 Å². The third-order valence-corrected chi connectivity index (χ3v) is 4.14. The third-order valence-electron chi connectivity index (χ3n) is 4.14. The van der Waals surface area contributed by atoms with Crippen LogP contribution in [0, 0.1) is 0 Å². The molecule has 0 amide bonds. The Morgan fingerprint density at radius 1 is 0.652 bits per heavy atom. The molecule has 1 unspecified atom stereocenters. The van der Waals surface area contributed by atoms with Crippen molar-refractivity contribution >= 4 is 0 Å². The van der Waals surface area contributed by atoms with E-state index in [4.69, 9.17) is 5.73 Å². The van der Waals surface area contributed by atoms with Gasteiger partial charge in [0.15, 0.2) is 0 Å². The van der Waals surface area contributed by atoms with Crippen molar-refractivity contribution in [3.8, 4) is 0 Å². The predicted molar refractivity (Wildman–Crippen MR) is 97.6 cm³/mol. The molecule has 0 spiro atoms. The summed E-state index contributed by atoms with van der Waals surface area (Å²) in [6.07, 6.45) is 0.918. The first-order chi connectivity index (χ1) is 11.2. The van der Waals surface area contributed by atoms with E-state index in [0.29, 0.717) is 0 Å². The predicted octanol–water partition coefficient (Wildman–Crippen LogP) is 4.76. The molecule has 1 atom stereocenters. The third kappa shape index (κ3) is 3.88. The topological polar surface area (TPSA) is 26.0 Å². The molecule has 0 aliphatic heterocycles. The van der Waals surface area contributed by atoms with Gasteiger partial charge < -0.3 is 5.73 Å². The average molecular weight is 301 g/mol. The SMILES string of the molecule is CC(N)Cc1ccc(C(c2ccccc2)c2ccccc2)cc1. The summed E-state index contributed by atoms with van der Waals surface area (Å²) in [7, 11) is 0. The lowest BCUT2D eigenvalue weighted by Crippen LogP contribution is -2.17. The van der Waals surface area contributed by atoms with Crippen molar-refractivity contribution in [2.24, 2.45) is 5.73 Å². The van der Waals surface area contributed by atoms with E-state index in [1.54, 1.807) is 0 Å². The molecule has 0 bridgehead atoms. The highest BCUT2D eigenvalue weighted by molar-refractivity contribution is 5.43. The molecule has 0 aromatic heterocycles. The summed E-state index contributed by atoms with van der Waals surface area (Å²) in [5.74, 6) is 0.266. The van der Waals surface area contributed by atoms with Crippen LogP contribution in [-0.2, 0) is 6.42 Å². The summed E-state index contributed by atoms with van der Waals surface area (Å²) in [6, 6.07) is 30.5. The van der Waals surface area contributed by atoms with Gasteiger partial charge in [0.05, 0.1) is 0 Å². The maximum Gasteiger partial charge on any atom is 0.0339 e. The fraction of sp³-hybridized carbons (Fsp3) is 0.182. The minimum atomic E-state index is 0.194. The number of hydrogen-bond acceptors (Lipinski definition) is 1. The van der Waals surface area contributed by atoms with Gasteiger partial charge in [0.1, 0.15) is 0 Å². The van der Waals surface area contributed by atoms with Gasteiger partial charge in [-0.15, -0.1) is 0 Å². The van der Waals surface area contributed by atoms with Crippen molar-refractivity contribution in [2.45, 2.75) is 25.3 Å². The van der Waals surface area contributed by atoms with Crippen LogP contribution in [0.5, 0.6) is 0 Å². The van der Waals surface area contributed by atoms with Crippen molar-refractivity contribution in [2.75, 3.05) is 0 Å². The second kappa shape index (κ2) is 7.26. The van der Waals surface area contributed by atoms with Crippen LogP contribution in [0.25, 0.3) is 0 Å². The molecule has 0 heterocycles. The Morgan fingerprint density at radius 3 is 1.52 bits per heavy atom. The first-order valence-corrected chi connectivity index (χ1v) is 8.18. The molecule has 2 N–H and O–H groups in total. The monoisotopic (exact) mass is 301 g/mol. The van der Waals surface area contributed by atoms with Crippen LogP contribution in [0.1, 0.15) is 35.1 Å². The zero-order chi connectivity index (χ0) is 16.1. The Labute approximate surface area is 138 Å². The fourth-order valence-electron chi connectivity index (χ4n) is 3.09. The van der Waals surface area contributed by atoms with E-state index in [9.17, 15) is 0 Å². The lowest BCUT2D eigenvalue weighted by Gasteiger charge is -2.19. The number of rotatable bonds is 5. The minimum absolute atomic E-state index is 0.194. The molecule has 0 fully saturated rings. The molecular formula is C22H23N. The molecule has 1 nitrogen and oxygen atoms in total. The number of nitrogens with two attached hydrogens (primary N) is 1. The second-order valence-corrected chi connectivity index (χ2v) is 6.18. The largest absolute Gasteiger partial charge is 0.328 e. The highest BCUT2D eigenvalue weighted by Crippen LogP contribution is 2.31. The van der Waals surface area contributed by atoms with Gasteiger partial charge in [0.25, 0.3) is 0 Å². The van der Waals surface area contributed by atoms with Crippen molar-refractivity contribution in [3.63, 3.8) is 0 Å². The highest BCUT2D eigenvalue weighted by Gasteiger charge is 2.16. The molecule has 1 heteroatoms. The molecule has 23 heavy (non-hydrogen) atoms. The smallest absolute Gasteiger partial charge is 0.0339 e. The fourth-order valence-corrected chi connectivity index (χ4v) is 3.09. The Kier molecular flexibility index (Phi) is 4.89. The summed E-state index contributed by atoms with van der Waals surface area (Å²) in [5.41, 5.74) is 11.2. The average Bonchev–Trinajstić information content (AvgIpc) is 2.58. The molecule has 0 saturated carbocycles. The number of hydrogen-bond donors (Lipinski definition) is 1. The molecule has 0 saturated heterocycles. The van der Waals surface area contributed by atoms with Gasteiger partial charge in [-0.3, -0.25) is 0 Å². The standard InChI is InChI=1S/C22H23N/c1-17(23)16-18-12-14-21(15-13-18)22(19-8-4-2-5-9-19)20-10-6-3-7-11-20/h2-15,17,22H,16,23H2,1H3. The van der Waals surface area contributed by atoms with Crippen LogP contribution in [0.15, 0.2) is 84.9 Å². The van der Waals surface area contributed by atoms with Crippen molar-refractivity contribution in [1.29, 1.82) is 0 Å². The molecule has 3 aromatic rings. The molecule has 3 aromatic carbocycles. The van der Waals surface area contributed by atoms with Crippen LogP contribution in [0.2, 0.25) is 0 Å². The maximum atomic E-state index is 5.90. The van der Waals surface area contributed by atoms with E-state index < -0.39 is 0 Å². The lowest BCUT2D eigenvalue weighted by molar-refractivity contribution is 0.737. The minimum Gasteiger partial charge on any atom is -0.328 e. The van der Waals surface area contributed by atoms with Crippen molar-refractivity contribution < 1.29 is 0 Å². The van der Waals surface area contributed by atoms with Crippen LogP contribution in [-0.4, -0.2) is 6.04 Å². The normalized spacial score (nSPS) is 12.3. The quantitative estimate of drug-likeness (QED) is 0.676. The molecule has 3 rings (SSSR count). The van der Waals surface area contributed by atoms with Gasteiger partial charge in [-0.2, -0.15) is 0 Å². The summed E-state index contributed by atoms with van der Waals surface area (Å²) in [6.45, 7) is 2.05. The molecule has 0 radical (unpaired) electrons. The summed E-state index contributed by atoms with van der Waals surface area (Å²) in [5, 5.41) is 0. The molecule has 0 aliphatic rings. The van der Waals surface area contributed by atoms with Crippen LogP contribution in [0.3, 0.4) is 0 Å². The van der Waals surface area contributed by atoms with Gasteiger partial charge in [0.2, 0.25) is 0 Å². The van der Waals surface area contributed by atoms with E-state index >= 15 is 0 Å². The zero-order valence-corrected chi connectivity index (χ0v) is 13.5. The first-order valence-electron chi connectivity index (χ1n) is 8.18. The Balaban J connectivity index is 1.99. The van der Waals surface area contributed by atoms with Crippen LogP contribution < -0.4 is 5.73 Å². The van der Waals surface area contributed by atoms with Crippen molar-refractivity contribution in [1.82, 2.24) is 0 Å². The Bertz CT molecular complexity index is 675. The van der Waals surface area contributed by atoms with E-state index in [0.717, 1.165) is 6.42 Å². The van der Waals surface area contributed by atoms with Crippen LogP contribution in [0.4, 0.5) is 0 Å².